The first kappa shape index (κ1) is 25.2. The molecule has 2 N–H and O–H groups in total. The van der Waals surface area contributed by atoms with Gasteiger partial charge in [-0.25, -0.2) is 24.1 Å². The van der Waals surface area contributed by atoms with Crippen molar-refractivity contribution in [1.29, 1.82) is 0 Å². The molecule has 0 aliphatic heterocycles. The first-order valence-electron chi connectivity index (χ1n) is 12.0. The number of aromatic nitrogens is 4. The Bertz CT molecular complexity index is 1660. The highest BCUT2D eigenvalue weighted by Gasteiger charge is 2.40. The monoisotopic (exact) mass is 533 g/mol. The molecule has 38 heavy (non-hydrogen) atoms. The number of nitrogens with one attached hydrogen (secondary N) is 1. The minimum atomic E-state index is -1.03. The molecule has 4 aromatic rings. The molecule has 2 atom stereocenters. The summed E-state index contributed by atoms with van der Waals surface area (Å²) in [5, 5.41) is 9.98. The van der Waals surface area contributed by atoms with Crippen LogP contribution >= 0.6 is 11.6 Å². The van der Waals surface area contributed by atoms with Crippen LogP contribution in [0.2, 0.25) is 5.02 Å². The molecule has 2 heterocycles. The van der Waals surface area contributed by atoms with Crippen molar-refractivity contribution in [3.8, 4) is 11.6 Å². The number of ether oxygens (including phenoxy) is 1. The zero-order valence-corrected chi connectivity index (χ0v) is 21.1. The number of hydrogen-bond acceptors (Lipinski definition) is 6. The second-order valence-electron chi connectivity index (χ2n) is 9.09. The highest BCUT2D eigenvalue weighted by atomic mass is 35.5. The lowest BCUT2D eigenvalue weighted by Crippen LogP contribution is -2.54. The number of carboxylic acid groups (broad SMARTS) is 1. The van der Waals surface area contributed by atoms with E-state index >= 15 is 0 Å². The molecule has 2 aromatic heterocycles. The van der Waals surface area contributed by atoms with Crippen molar-refractivity contribution in [2.75, 3.05) is 0 Å². The van der Waals surface area contributed by atoms with E-state index in [4.69, 9.17) is 16.3 Å². The highest BCUT2D eigenvalue weighted by molar-refractivity contribution is 6.30. The van der Waals surface area contributed by atoms with Crippen LogP contribution in [0.15, 0.2) is 81.4 Å². The van der Waals surface area contributed by atoms with E-state index in [1.165, 1.54) is 10.8 Å². The van der Waals surface area contributed by atoms with Gasteiger partial charge in [0.25, 0.3) is 0 Å². The minimum absolute atomic E-state index is 0.0519. The average Bonchev–Trinajstić information content (AvgIpc) is 2.86. The van der Waals surface area contributed by atoms with E-state index in [9.17, 15) is 19.5 Å². The van der Waals surface area contributed by atoms with Crippen molar-refractivity contribution in [2.24, 2.45) is 10.9 Å². The van der Waals surface area contributed by atoms with E-state index < -0.39 is 29.3 Å². The van der Waals surface area contributed by atoms with Gasteiger partial charge in [0.2, 0.25) is 11.5 Å². The largest absolute Gasteiger partial charge is 0.481 e. The highest BCUT2D eigenvalue weighted by Crippen LogP contribution is 2.36. The molecule has 0 saturated heterocycles. The Morgan fingerprint density at radius 2 is 1.84 bits per heavy atom. The summed E-state index contributed by atoms with van der Waals surface area (Å²) in [4.78, 5) is 49.5. The number of aromatic amines is 1. The van der Waals surface area contributed by atoms with Gasteiger partial charge < -0.3 is 9.84 Å². The standard InChI is InChI=1S/C27H24ClN5O5/c1-16-2-4-17(5-3-16)15-32-25(31-26(36)33(27(32)37)22-12-11-21(22)24(34)35)30-19-7-9-20(10-8-19)38-23-13-6-18(28)14-29-23/h2-10,13-14,21-22H,11-12,15H2,1H3,(H,34,35)(H,30,31,36). The predicted molar refractivity (Wildman–Crippen MR) is 140 cm³/mol. The Kier molecular flexibility index (Phi) is 6.97. The molecule has 1 fully saturated rings. The average molecular weight is 534 g/mol. The van der Waals surface area contributed by atoms with Gasteiger partial charge in [-0.15, -0.1) is 0 Å². The first-order chi connectivity index (χ1) is 18.3. The second-order valence-corrected chi connectivity index (χ2v) is 9.53. The second kappa shape index (κ2) is 10.5. The summed E-state index contributed by atoms with van der Waals surface area (Å²) < 4.78 is 8.06. The lowest BCUT2D eigenvalue weighted by molar-refractivity contribution is -0.147. The maximum absolute atomic E-state index is 13.6. The third kappa shape index (κ3) is 5.30. The number of carboxylic acids is 1. The van der Waals surface area contributed by atoms with Crippen LogP contribution in [0.4, 0.5) is 5.69 Å². The van der Waals surface area contributed by atoms with Crippen LogP contribution in [0.1, 0.15) is 30.0 Å². The van der Waals surface area contributed by atoms with Crippen molar-refractivity contribution in [3.05, 3.63) is 110 Å². The lowest BCUT2D eigenvalue weighted by Gasteiger charge is -2.34. The summed E-state index contributed by atoms with van der Waals surface area (Å²) in [5.74, 6) is -0.923. The smallest absolute Gasteiger partial charge is 0.335 e. The number of carbonyl (C=O) groups is 1. The number of benzene rings is 2. The van der Waals surface area contributed by atoms with Crippen LogP contribution in [-0.2, 0) is 11.3 Å². The molecule has 194 valence electrons. The van der Waals surface area contributed by atoms with Gasteiger partial charge >= 0.3 is 17.3 Å². The van der Waals surface area contributed by atoms with E-state index in [1.54, 1.807) is 36.4 Å². The summed E-state index contributed by atoms with van der Waals surface area (Å²) in [7, 11) is 0. The van der Waals surface area contributed by atoms with Crippen molar-refractivity contribution < 1.29 is 14.6 Å². The minimum Gasteiger partial charge on any atom is -0.481 e. The van der Waals surface area contributed by atoms with Crippen molar-refractivity contribution in [2.45, 2.75) is 32.4 Å². The molecule has 1 aliphatic rings. The third-order valence-electron chi connectivity index (χ3n) is 6.47. The van der Waals surface area contributed by atoms with Gasteiger partial charge in [-0.2, -0.15) is 0 Å². The SMILES string of the molecule is Cc1ccc(Cn2c(=O)n(C3CCC3C(=O)O)c(=O)[nH]/c2=N\c2ccc(Oc3ccc(Cl)cn3)cc2)cc1. The number of rotatable bonds is 7. The molecule has 10 nitrogen and oxygen atoms in total. The van der Waals surface area contributed by atoms with Crippen molar-refractivity contribution in [1.82, 2.24) is 19.1 Å². The number of pyridine rings is 1. The van der Waals surface area contributed by atoms with Crippen LogP contribution in [0.5, 0.6) is 11.6 Å². The van der Waals surface area contributed by atoms with E-state index in [1.807, 2.05) is 31.2 Å². The lowest BCUT2D eigenvalue weighted by atomic mass is 9.79. The molecule has 1 saturated carbocycles. The zero-order chi connectivity index (χ0) is 26.8. The molecule has 5 rings (SSSR count). The Balaban J connectivity index is 1.54. The zero-order valence-electron chi connectivity index (χ0n) is 20.4. The summed E-state index contributed by atoms with van der Waals surface area (Å²) in [6, 6.07) is 17.0. The summed E-state index contributed by atoms with van der Waals surface area (Å²) in [6.45, 7) is 2.10. The van der Waals surface area contributed by atoms with Crippen LogP contribution in [0.3, 0.4) is 0 Å². The first-order valence-corrected chi connectivity index (χ1v) is 12.3. The molecule has 11 heteroatoms. The van der Waals surface area contributed by atoms with Gasteiger partial charge in [-0.3, -0.25) is 14.3 Å². The number of nitrogens with zero attached hydrogens (tertiary/aromatic N) is 4. The fourth-order valence-corrected chi connectivity index (χ4v) is 4.38. The number of hydrogen-bond donors (Lipinski definition) is 2. The van der Waals surface area contributed by atoms with Gasteiger partial charge in [0.05, 0.1) is 29.2 Å². The van der Waals surface area contributed by atoms with E-state index in [2.05, 4.69) is 15.0 Å². The fraction of sp³-hybridized carbons (Fsp3) is 0.222. The third-order valence-corrected chi connectivity index (χ3v) is 6.70. The molecule has 0 bridgehead atoms. The predicted octanol–water partition coefficient (Wildman–Crippen LogP) is 3.80. The van der Waals surface area contributed by atoms with Crippen molar-refractivity contribution >= 4 is 23.3 Å². The summed E-state index contributed by atoms with van der Waals surface area (Å²) >= 11 is 5.86. The number of aryl methyl sites for hydroxylation is 1. The topological polar surface area (TPSA) is 132 Å². The Hall–Kier alpha value is -4.44. The Morgan fingerprint density at radius 3 is 2.45 bits per heavy atom. The van der Waals surface area contributed by atoms with Gasteiger partial charge in [-0.1, -0.05) is 41.4 Å². The molecular formula is C27H24ClN5O5. The summed E-state index contributed by atoms with van der Waals surface area (Å²) in [6.07, 6.45) is 2.33. The maximum Gasteiger partial charge on any atom is 0.335 e. The molecule has 0 spiro atoms. The van der Waals surface area contributed by atoms with Crippen molar-refractivity contribution in [3.63, 3.8) is 0 Å². The molecule has 1 aliphatic carbocycles. The van der Waals surface area contributed by atoms with Crippen LogP contribution in [0, 0.1) is 12.8 Å². The van der Waals surface area contributed by atoms with E-state index in [-0.39, 0.29) is 12.2 Å². The molecule has 2 aromatic carbocycles. The quantitative estimate of drug-likeness (QED) is 0.371. The van der Waals surface area contributed by atoms with Gasteiger partial charge in [0.15, 0.2) is 0 Å². The van der Waals surface area contributed by atoms with E-state index in [0.29, 0.717) is 35.2 Å². The van der Waals surface area contributed by atoms with Gasteiger partial charge in [-0.05, 0) is 55.7 Å². The number of halogens is 1. The van der Waals surface area contributed by atoms with Gasteiger partial charge in [0, 0.05) is 12.3 Å². The van der Waals surface area contributed by atoms with E-state index in [0.717, 1.165) is 15.7 Å². The number of H-pyrrole nitrogens is 1. The molecule has 2 unspecified atom stereocenters. The molecular weight excluding hydrogens is 510 g/mol. The molecule has 0 amide bonds. The van der Waals surface area contributed by atoms with Crippen LogP contribution < -0.4 is 21.7 Å². The fourth-order valence-electron chi connectivity index (χ4n) is 4.26. The molecule has 0 radical (unpaired) electrons. The van der Waals surface area contributed by atoms with Crippen LogP contribution in [-0.4, -0.2) is 30.2 Å². The summed E-state index contributed by atoms with van der Waals surface area (Å²) in [5.41, 5.74) is 1.11. The Morgan fingerprint density at radius 1 is 1.11 bits per heavy atom. The Labute approximate surface area is 221 Å². The number of aliphatic carboxylic acids is 1. The normalized spacial score (nSPS) is 17.2. The van der Waals surface area contributed by atoms with Crippen LogP contribution in [0.25, 0.3) is 0 Å². The van der Waals surface area contributed by atoms with Gasteiger partial charge in [0.1, 0.15) is 5.75 Å². The maximum atomic E-state index is 13.6.